The number of aromatic nitrogens is 1. The number of thiophene rings is 1. The first-order valence-electron chi connectivity index (χ1n) is 6.21. The number of hydrogen-bond donors (Lipinski definition) is 0. The molecule has 1 atom stereocenters. The highest BCUT2D eigenvalue weighted by atomic mass is 35.5. The second-order valence-corrected chi connectivity index (χ2v) is 7.32. The molecule has 0 saturated carbocycles. The number of halogens is 1. The van der Waals surface area contributed by atoms with Gasteiger partial charge in [-0.3, -0.25) is 4.90 Å². The molecule has 2 aromatic heterocycles. The summed E-state index contributed by atoms with van der Waals surface area (Å²) in [6.07, 6.45) is 0.114. The Balaban J connectivity index is 1.64. The van der Waals surface area contributed by atoms with E-state index in [9.17, 15) is 0 Å². The van der Waals surface area contributed by atoms with Gasteiger partial charge in [0.1, 0.15) is 11.1 Å². The first kappa shape index (κ1) is 13.5. The number of aryl methyl sites for hydroxylation is 1. The Morgan fingerprint density at radius 1 is 1.53 bits per heavy atom. The fourth-order valence-corrected chi connectivity index (χ4v) is 4.14. The zero-order valence-corrected chi connectivity index (χ0v) is 13.0. The van der Waals surface area contributed by atoms with Crippen LogP contribution in [0.2, 0.25) is 4.34 Å². The van der Waals surface area contributed by atoms with Crippen molar-refractivity contribution < 1.29 is 4.74 Å². The van der Waals surface area contributed by atoms with Crippen LogP contribution in [0.25, 0.3) is 0 Å². The first-order valence-corrected chi connectivity index (χ1v) is 8.28. The third kappa shape index (κ3) is 3.35. The summed E-state index contributed by atoms with van der Waals surface area (Å²) in [5, 5.41) is 3.17. The van der Waals surface area contributed by atoms with E-state index in [4.69, 9.17) is 16.3 Å². The van der Waals surface area contributed by atoms with Crippen LogP contribution in [0.5, 0.6) is 0 Å². The fraction of sp³-hybridized carbons (Fsp3) is 0.462. The molecule has 0 bridgehead atoms. The lowest BCUT2D eigenvalue weighted by Gasteiger charge is -2.31. The maximum Gasteiger partial charge on any atom is 0.123 e. The Morgan fingerprint density at radius 2 is 2.42 bits per heavy atom. The van der Waals surface area contributed by atoms with Crippen molar-refractivity contribution in [1.29, 1.82) is 0 Å². The van der Waals surface area contributed by atoms with Gasteiger partial charge in [-0.1, -0.05) is 11.6 Å². The van der Waals surface area contributed by atoms with Gasteiger partial charge in [0.25, 0.3) is 0 Å². The third-order valence-corrected chi connectivity index (χ3v) is 5.34. The number of thiazole rings is 1. The minimum atomic E-state index is 0.114. The Bertz CT molecular complexity index is 554. The minimum absolute atomic E-state index is 0.114. The molecule has 2 aromatic rings. The normalized spacial score (nSPS) is 20.8. The average molecular weight is 315 g/mol. The van der Waals surface area contributed by atoms with E-state index in [1.54, 1.807) is 22.7 Å². The second-order valence-electron chi connectivity index (χ2n) is 4.63. The summed E-state index contributed by atoms with van der Waals surface area (Å²) in [6, 6.07) is 4.06. The van der Waals surface area contributed by atoms with Crippen LogP contribution in [0.1, 0.15) is 21.7 Å². The van der Waals surface area contributed by atoms with Crippen LogP contribution in [0.15, 0.2) is 17.5 Å². The van der Waals surface area contributed by atoms with Crippen molar-refractivity contribution in [3.8, 4) is 0 Å². The lowest BCUT2D eigenvalue weighted by atomic mass is 10.2. The molecule has 1 saturated heterocycles. The highest BCUT2D eigenvalue weighted by Gasteiger charge is 2.24. The lowest BCUT2D eigenvalue weighted by Crippen LogP contribution is -2.37. The predicted molar refractivity (Wildman–Crippen MR) is 80.2 cm³/mol. The van der Waals surface area contributed by atoms with Crippen LogP contribution in [0, 0.1) is 6.92 Å². The fourth-order valence-electron chi connectivity index (χ4n) is 2.17. The summed E-state index contributed by atoms with van der Waals surface area (Å²) < 4.78 is 6.69. The van der Waals surface area contributed by atoms with E-state index in [1.807, 2.05) is 13.0 Å². The maximum atomic E-state index is 5.97. The first-order chi connectivity index (χ1) is 9.20. The second kappa shape index (κ2) is 5.89. The van der Waals surface area contributed by atoms with Gasteiger partial charge < -0.3 is 4.74 Å². The van der Waals surface area contributed by atoms with Crippen molar-refractivity contribution in [3.63, 3.8) is 0 Å². The van der Waals surface area contributed by atoms with Crippen molar-refractivity contribution in [3.05, 3.63) is 37.4 Å². The van der Waals surface area contributed by atoms with Crippen LogP contribution >= 0.6 is 34.3 Å². The summed E-state index contributed by atoms with van der Waals surface area (Å²) >= 11 is 9.31. The molecule has 0 radical (unpaired) electrons. The van der Waals surface area contributed by atoms with Gasteiger partial charge in [0.05, 0.1) is 10.9 Å². The van der Waals surface area contributed by atoms with E-state index in [0.29, 0.717) is 0 Å². The van der Waals surface area contributed by atoms with Crippen LogP contribution < -0.4 is 0 Å². The quantitative estimate of drug-likeness (QED) is 0.863. The molecule has 0 amide bonds. The van der Waals surface area contributed by atoms with E-state index >= 15 is 0 Å². The SMILES string of the molecule is Cc1csc([C@@H]2CN(Cc3ccc(Cl)s3)CCO2)n1. The Labute approximate surface area is 125 Å². The summed E-state index contributed by atoms with van der Waals surface area (Å²) in [6.45, 7) is 5.61. The van der Waals surface area contributed by atoms with Gasteiger partial charge in [0, 0.05) is 35.6 Å². The van der Waals surface area contributed by atoms with Gasteiger partial charge in [0.2, 0.25) is 0 Å². The summed E-state index contributed by atoms with van der Waals surface area (Å²) in [7, 11) is 0. The molecule has 102 valence electrons. The molecule has 0 unspecified atom stereocenters. The van der Waals surface area contributed by atoms with E-state index < -0.39 is 0 Å². The number of rotatable bonds is 3. The molecule has 0 aliphatic carbocycles. The molecular weight excluding hydrogens is 300 g/mol. The summed E-state index contributed by atoms with van der Waals surface area (Å²) in [4.78, 5) is 8.24. The van der Waals surface area contributed by atoms with Gasteiger partial charge in [-0.15, -0.1) is 22.7 Å². The molecular formula is C13H15ClN2OS2. The number of ether oxygens (including phenoxy) is 1. The number of morpholine rings is 1. The molecule has 3 rings (SSSR count). The largest absolute Gasteiger partial charge is 0.368 e. The van der Waals surface area contributed by atoms with Crippen LogP contribution in [0.3, 0.4) is 0 Å². The van der Waals surface area contributed by atoms with Gasteiger partial charge in [-0.25, -0.2) is 4.98 Å². The van der Waals surface area contributed by atoms with Gasteiger partial charge in [0.15, 0.2) is 0 Å². The number of nitrogens with zero attached hydrogens (tertiary/aromatic N) is 2. The zero-order chi connectivity index (χ0) is 13.2. The molecule has 1 aliphatic heterocycles. The van der Waals surface area contributed by atoms with Crippen molar-refractivity contribution in [2.24, 2.45) is 0 Å². The Morgan fingerprint density at radius 3 is 3.11 bits per heavy atom. The van der Waals surface area contributed by atoms with Crippen molar-refractivity contribution in [2.75, 3.05) is 19.7 Å². The summed E-state index contributed by atoms with van der Waals surface area (Å²) in [5.74, 6) is 0. The zero-order valence-electron chi connectivity index (χ0n) is 10.6. The van der Waals surface area contributed by atoms with Crippen molar-refractivity contribution in [2.45, 2.75) is 19.6 Å². The van der Waals surface area contributed by atoms with E-state index in [1.165, 1.54) is 4.88 Å². The Hall–Kier alpha value is -0.460. The Kier molecular flexibility index (Phi) is 4.19. The van der Waals surface area contributed by atoms with Crippen molar-refractivity contribution >= 4 is 34.3 Å². The lowest BCUT2D eigenvalue weighted by molar-refractivity contribution is -0.0327. The molecule has 1 fully saturated rings. The van der Waals surface area contributed by atoms with Crippen molar-refractivity contribution in [1.82, 2.24) is 9.88 Å². The molecule has 0 aromatic carbocycles. The van der Waals surface area contributed by atoms with E-state index in [-0.39, 0.29) is 6.10 Å². The number of hydrogen-bond acceptors (Lipinski definition) is 5. The molecule has 6 heteroatoms. The molecule has 0 N–H and O–H groups in total. The minimum Gasteiger partial charge on any atom is -0.368 e. The van der Waals surface area contributed by atoms with Crippen LogP contribution in [-0.4, -0.2) is 29.6 Å². The topological polar surface area (TPSA) is 25.4 Å². The maximum absolute atomic E-state index is 5.97. The van der Waals surface area contributed by atoms with Crippen LogP contribution in [0.4, 0.5) is 0 Å². The molecule has 0 spiro atoms. The molecule has 1 aliphatic rings. The monoisotopic (exact) mass is 314 g/mol. The van der Waals surface area contributed by atoms with Crippen LogP contribution in [-0.2, 0) is 11.3 Å². The van der Waals surface area contributed by atoms with E-state index in [0.717, 1.165) is 41.3 Å². The smallest absolute Gasteiger partial charge is 0.123 e. The summed E-state index contributed by atoms with van der Waals surface area (Å²) in [5.41, 5.74) is 1.07. The van der Waals surface area contributed by atoms with Gasteiger partial charge in [-0.2, -0.15) is 0 Å². The third-order valence-electron chi connectivity index (χ3n) is 3.07. The van der Waals surface area contributed by atoms with E-state index in [2.05, 4.69) is 21.3 Å². The average Bonchev–Trinajstić information content (AvgIpc) is 2.99. The predicted octanol–water partition coefficient (Wildman–Crippen LogP) is 3.74. The van der Waals surface area contributed by atoms with Gasteiger partial charge in [-0.05, 0) is 19.1 Å². The molecule has 3 nitrogen and oxygen atoms in total. The highest BCUT2D eigenvalue weighted by Crippen LogP contribution is 2.28. The standard InChI is InChI=1S/C13H15ClN2OS2/c1-9-8-18-13(15-9)11-7-16(4-5-17-11)6-10-2-3-12(14)19-10/h2-3,8,11H,4-7H2,1H3/t11-/m0/s1. The molecule has 19 heavy (non-hydrogen) atoms. The molecule has 3 heterocycles. The van der Waals surface area contributed by atoms with Gasteiger partial charge >= 0.3 is 0 Å². The highest BCUT2D eigenvalue weighted by molar-refractivity contribution is 7.16.